The number of aromatic nitrogens is 2. The number of carbonyl (C=O) groups excluding carboxylic acids is 1. The second kappa shape index (κ2) is 7.31. The highest BCUT2D eigenvalue weighted by Crippen LogP contribution is 2.17. The van der Waals surface area contributed by atoms with Crippen molar-refractivity contribution >= 4 is 22.5 Å². The summed E-state index contributed by atoms with van der Waals surface area (Å²) in [7, 11) is 0. The number of amides is 1. The number of hydrogen-bond acceptors (Lipinski definition) is 2. The number of halogens is 1. The minimum absolute atomic E-state index is 0.133. The van der Waals surface area contributed by atoms with E-state index in [1.165, 1.54) is 16.7 Å². The Morgan fingerprint density at radius 1 is 1.04 bits per heavy atom. The third-order valence-corrected chi connectivity index (χ3v) is 5.00. The first-order valence-electron chi connectivity index (χ1n) is 9.15. The van der Waals surface area contributed by atoms with Crippen LogP contribution in [0.4, 0.5) is 4.39 Å². The summed E-state index contributed by atoms with van der Waals surface area (Å²) in [5.41, 5.74) is 3.62. The Morgan fingerprint density at radius 2 is 1.86 bits per heavy atom. The Labute approximate surface area is 161 Å². The number of hydrogen-bond donors (Lipinski definition) is 1. The van der Waals surface area contributed by atoms with Gasteiger partial charge in [0.15, 0.2) is 0 Å². The largest absolute Gasteiger partial charge is 0.352 e. The quantitative estimate of drug-likeness (QED) is 0.580. The van der Waals surface area contributed by atoms with Crippen LogP contribution in [0.1, 0.15) is 17.5 Å². The fourth-order valence-corrected chi connectivity index (χ4v) is 3.46. The predicted octanol–water partition coefficient (Wildman–Crippen LogP) is 3.41. The van der Waals surface area contributed by atoms with E-state index in [0.717, 1.165) is 16.6 Å². The molecule has 1 amide bonds. The molecule has 0 atom stereocenters. The van der Waals surface area contributed by atoms with E-state index in [9.17, 15) is 14.0 Å². The molecule has 6 heteroatoms. The van der Waals surface area contributed by atoms with Gasteiger partial charge >= 0.3 is 0 Å². The second-order valence-corrected chi connectivity index (χ2v) is 6.81. The van der Waals surface area contributed by atoms with Crippen molar-refractivity contribution in [3.05, 3.63) is 88.1 Å². The zero-order valence-electron chi connectivity index (χ0n) is 15.5. The van der Waals surface area contributed by atoms with Gasteiger partial charge in [-0.15, -0.1) is 0 Å². The van der Waals surface area contributed by atoms with E-state index in [1.807, 2.05) is 31.2 Å². The second-order valence-electron chi connectivity index (χ2n) is 6.81. The Morgan fingerprint density at radius 3 is 2.68 bits per heavy atom. The minimum atomic E-state index is -0.420. The van der Waals surface area contributed by atoms with Crippen molar-refractivity contribution in [3.63, 3.8) is 0 Å². The third kappa shape index (κ3) is 3.29. The molecular formula is C22H20FN3O2. The molecule has 28 heavy (non-hydrogen) atoms. The number of rotatable bonds is 5. The van der Waals surface area contributed by atoms with E-state index < -0.39 is 5.82 Å². The molecule has 5 nitrogen and oxygen atoms in total. The van der Waals surface area contributed by atoms with Crippen LogP contribution < -0.4 is 10.9 Å². The van der Waals surface area contributed by atoms with Crippen molar-refractivity contribution in [2.75, 3.05) is 0 Å². The molecule has 0 aliphatic heterocycles. The highest BCUT2D eigenvalue weighted by molar-refractivity contribution is 5.80. The maximum Gasteiger partial charge on any atom is 0.275 e. The van der Waals surface area contributed by atoms with Gasteiger partial charge in [-0.05, 0) is 48.4 Å². The number of carbonyl (C=O) groups is 1. The van der Waals surface area contributed by atoms with E-state index in [4.69, 9.17) is 0 Å². The van der Waals surface area contributed by atoms with Crippen LogP contribution in [-0.2, 0) is 17.9 Å². The number of benzene rings is 2. The number of nitrogens with one attached hydrogen (secondary N) is 1. The predicted molar refractivity (Wildman–Crippen MR) is 107 cm³/mol. The first-order valence-corrected chi connectivity index (χ1v) is 9.15. The number of fused-ring (bicyclic) bond motifs is 3. The lowest BCUT2D eigenvalue weighted by Crippen LogP contribution is -2.28. The molecule has 0 radical (unpaired) electrons. The molecule has 0 unspecified atom stereocenters. The van der Waals surface area contributed by atoms with Crippen molar-refractivity contribution in [3.8, 4) is 0 Å². The smallest absolute Gasteiger partial charge is 0.275 e. The molecular weight excluding hydrogens is 357 g/mol. The molecule has 2 aromatic heterocycles. The van der Waals surface area contributed by atoms with Gasteiger partial charge in [-0.3, -0.25) is 9.59 Å². The molecule has 0 spiro atoms. The summed E-state index contributed by atoms with van der Waals surface area (Å²) >= 11 is 0. The average Bonchev–Trinajstić information content (AvgIpc) is 3.17. The van der Waals surface area contributed by atoms with Crippen LogP contribution in [0.3, 0.4) is 0 Å². The van der Waals surface area contributed by atoms with Crippen LogP contribution in [0.15, 0.2) is 65.6 Å². The lowest BCUT2D eigenvalue weighted by Gasteiger charge is -2.13. The first-order chi connectivity index (χ1) is 13.5. The van der Waals surface area contributed by atoms with Crippen LogP contribution in [0.25, 0.3) is 16.6 Å². The van der Waals surface area contributed by atoms with Crippen LogP contribution in [0.2, 0.25) is 0 Å². The standard InChI is InChI=1S/C22H20FN3O2/c1-15-5-2-3-6-16(15)14-24-21(27)10-12-26-20-13-17(23)8-9-18(20)25-11-4-7-19(25)22(26)28/h2-9,11,13H,10,12,14H2,1H3,(H,24,27). The lowest BCUT2D eigenvalue weighted by atomic mass is 10.1. The van der Waals surface area contributed by atoms with Crippen LogP contribution in [-0.4, -0.2) is 14.9 Å². The van der Waals surface area contributed by atoms with E-state index in [-0.39, 0.29) is 24.4 Å². The Kier molecular flexibility index (Phi) is 4.69. The fourth-order valence-electron chi connectivity index (χ4n) is 3.46. The number of aryl methyl sites for hydroxylation is 2. The van der Waals surface area contributed by atoms with Gasteiger partial charge in [-0.1, -0.05) is 24.3 Å². The van der Waals surface area contributed by atoms with Gasteiger partial charge in [0.25, 0.3) is 5.56 Å². The molecule has 4 rings (SSSR count). The Balaban J connectivity index is 1.58. The topological polar surface area (TPSA) is 55.5 Å². The van der Waals surface area contributed by atoms with Gasteiger partial charge < -0.3 is 14.3 Å². The summed E-state index contributed by atoms with van der Waals surface area (Å²) in [5, 5.41) is 2.89. The van der Waals surface area contributed by atoms with Crippen molar-refractivity contribution in [2.24, 2.45) is 0 Å². The SMILES string of the molecule is Cc1ccccc1CNC(=O)CCn1c(=O)c2cccn2c2ccc(F)cc21. The molecule has 4 aromatic rings. The summed E-state index contributed by atoms with van der Waals surface area (Å²) in [6.45, 7) is 2.61. The van der Waals surface area contributed by atoms with Crippen LogP contribution in [0.5, 0.6) is 0 Å². The summed E-state index contributed by atoms with van der Waals surface area (Å²) in [6, 6.07) is 15.7. The zero-order chi connectivity index (χ0) is 19.7. The molecule has 0 aliphatic carbocycles. The third-order valence-electron chi connectivity index (χ3n) is 5.00. The van der Waals surface area contributed by atoms with Gasteiger partial charge in [0.05, 0.1) is 11.0 Å². The Hall–Kier alpha value is -3.41. The molecule has 2 aromatic carbocycles. The average molecular weight is 377 g/mol. The van der Waals surface area contributed by atoms with E-state index in [2.05, 4.69) is 5.32 Å². The maximum absolute atomic E-state index is 13.8. The van der Waals surface area contributed by atoms with Crippen molar-refractivity contribution in [1.29, 1.82) is 0 Å². The van der Waals surface area contributed by atoms with Gasteiger partial charge in [-0.2, -0.15) is 0 Å². The van der Waals surface area contributed by atoms with E-state index >= 15 is 0 Å². The number of nitrogens with zero attached hydrogens (tertiary/aromatic N) is 2. The normalized spacial score (nSPS) is 11.2. The van der Waals surface area contributed by atoms with Gasteiger partial charge in [-0.25, -0.2) is 4.39 Å². The first kappa shape index (κ1) is 18.0. The molecule has 0 saturated heterocycles. The molecule has 0 bridgehead atoms. The van der Waals surface area contributed by atoms with Crippen molar-refractivity contribution in [2.45, 2.75) is 26.4 Å². The van der Waals surface area contributed by atoms with E-state index in [0.29, 0.717) is 17.6 Å². The summed E-state index contributed by atoms with van der Waals surface area (Å²) in [4.78, 5) is 25.2. The molecule has 2 heterocycles. The van der Waals surface area contributed by atoms with Gasteiger partial charge in [0, 0.05) is 25.7 Å². The molecule has 142 valence electrons. The fraction of sp³-hybridized carbons (Fsp3) is 0.182. The molecule has 1 N–H and O–H groups in total. The molecule has 0 aliphatic rings. The van der Waals surface area contributed by atoms with Crippen molar-refractivity contribution in [1.82, 2.24) is 14.3 Å². The van der Waals surface area contributed by atoms with Gasteiger partial charge in [0.1, 0.15) is 11.3 Å². The minimum Gasteiger partial charge on any atom is -0.352 e. The summed E-state index contributed by atoms with van der Waals surface area (Å²) < 4.78 is 17.0. The highest BCUT2D eigenvalue weighted by atomic mass is 19.1. The molecule has 0 fully saturated rings. The summed E-state index contributed by atoms with van der Waals surface area (Å²) in [5.74, 6) is -0.578. The van der Waals surface area contributed by atoms with Crippen molar-refractivity contribution < 1.29 is 9.18 Å². The van der Waals surface area contributed by atoms with Gasteiger partial charge in [0.2, 0.25) is 5.91 Å². The van der Waals surface area contributed by atoms with E-state index in [1.54, 1.807) is 28.8 Å². The zero-order valence-corrected chi connectivity index (χ0v) is 15.5. The monoisotopic (exact) mass is 377 g/mol. The highest BCUT2D eigenvalue weighted by Gasteiger charge is 2.12. The summed E-state index contributed by atoms with van der Waals surface area (Å²) in [6.07, 6.45) is 1.91. The van der Waals surface area contributed by atoms with Crippen LogP contribution >= 0.6 is 0 Å². The lowest BCUT2D eigenvalue weighted by molar-refractivity contribution is -0.121. The molecule has 0 saturated carbocycles. The Bertz CT molecular complexity index is 1240. The van der Waals surface area contributed by atoms with Crippen LogP contribution in [0, 0.1) is 12.7 Å². The maximum atomic E-state index is 13.8.